The van der Waals surface area contributed by atoms with Gasteiger partial charge in [-0.15, -0.1) is 11.3 Å². The number of fused-ring (bicyclic) bond motifs is 2. The van der Waals surface area contributed by atoms with Crippen LogP contribution in [-0.2, 0) is 9.59 Å². The zero-order valence-corrected chi connectivity index (χ0v) is 11.8. The van der Waals surface area contributed by atoms with E-state index >= 15 is 0 Å². The summed E-state index contributed by atoms with van der Waals surface area (Å²) in [6.07, 6.45) is 4.53. The number of aryl methyl sites for hydroxylation is 1. The van der Waals surface area contributed by atoms with E-state index in [1.165, 1.54) is 11.3 Å². The zero-order chi connectivity index (χ0) is 13.4. The van der Waals surface area contributed by atoms with Crippen molar-refractivity contribution < 1.29 is 9.59 Å². The fraction of sp³-hybridized carbons (Fsp3) is 0.643. The molecule has 2 bridgehead atoms. The maximum absolute atomic E-state index is 12.3. The van der Waals surface area contributed by atoms with E-state index in [4.69, 9.17) is 0 Å². The first-order valence-corrected chi connectivity index (χ1v) is 7.78. The largest absolute Gasteiger partial charge is 0.302 e. The van der Waals surface area contributed by atoms with Gasteiger partial charge in [-0.2, -0.15) is 0 Å². The third-order valence-corrected chi connectivity index (χ3v) is 5.14. The number of thiazole rings is 1. The quantitative estimate of drug-likeness (QED) is 0.905. The average Bonchev–Trinajstić information content (AvgIpc) is 2.74. The Morgan fingerprint density at radius 2 is 2.05 bits per heavy atom. The van der Waals surface area contributed by atoms with Gasteiger partial charge in [0.25, 0.3) is 0 Å². The molecule has 1 N–H and O–H groups in total. The van der Waals surface area contributed by atoms with Crippen LogP contribution in [0.1, 0.15) is 37.8 Å². The van der Waals surface area contributed by atoms with Crippen LogP contribution in [0.4, 0.5) is 5.13 Å². The number of ketones is 1. The van der Waals surface area contributed by atoms with Crippen LogP contribution < -0.4 is 5.32 Å². The van der Waals surface area contributed by atoms with Crippen molar-refractivity contribution in [2.24, 2.45) is 17.8 Å². The molecular formula is C14H18N2O2S. The molecule has 2 aliphatic rings. The van der Waals surface area contributed by atoms with E-state index in [0.29, 0.717) is 10.9 Å². The van der Waals surface area contributed by atoms with Crippen molar-refractivity contribution in [2.45, 2.75) is 39.0 Å². The number of aromatic nitrogens is 1. The van der Waals surface area contributed by atoms with Crippen LogP contribution in [0, 0.1) is 24.7 Å². The van der Waals surface area contributed by atoms with Crippen LogP contribution in [-0.4, -0.2) is 16.7 Å². The van der Waals surface area contributed by atoms with Crippen LogP contribution in [0.3, 0.4) is 0 Å². The third kappa shape index (κ3) is 2.56. The zero-order valence-electron chi connectivity index (χ0n) is 11.0. The summed E-state index contributed by atoms with van der Waals surface area (Å²) >= 11 is 1.45. The molecule has 4 nitrogen and oxygen atoms in total. The van der Waals surface area contributed by atoms with Gasteiger partial charge in [0.1, 0.15) is 5.78 Å². The van der Waals surface area contributed by atoms with E-state index in [1.807, 2.05) is 12.3 Å². The fourth-order valence-corrected chi connectivity index (χ4v) is 4.00. The van der Waals surface area contributed by atoms with Crippen LogP contribution in [0.25, 0.3) is 0 Å². The first-order valence-electron chi connectivity index (χ1n) is 6.90. The molecule has 0 radical (unpaired) electrons. The number of carbonyl (C=O) groups is 2. The monoisotopic (exact) mass is 278 g/mol. The number of anilines is 1. The summed E-state index contributed by atoms with van der Waals surface area (Å²) in [5.74, 6) is 0.680. The minimum Gasteiger partial charge on any atom is -0.302 e. The van der Waals surface area contributed by atoms with Crippen LogP contribution in [0.15, 0.2) is 5.38 Å². The lowest BCUT2D eigenvalue weighted by Gasteiger charge is -2.36. The molecule has 102 valence electrons. The first-order chi connectivity index (χ1) is 9.13. The van der Waals surface area contributed by atoms with E-state index in [2.05, 4.69) is 10.3 Å². The second kappa shape index (κ2) is 5.04. The highest BCUT2D eigenvalue weighted by atomic mass is 32.1. The van der Waals surface area contributed by atoms with Gasteiger partial charge in [0, 0.05) is 23.1 Å². The molecule has 3 rings (SSSR count). The number of Topliss-reactive ketones (excluding diaryl/α,β-unsaturated/α-hetero) is 1. The second-order valence-corrected chi connectivity index (χ2v) is 6.54. The van der Waals surface area contributed by atoms with Crippen molar-refractivity contribution in [1.82, 2.24) is 4.98 Å². The average molecular weight is 278 g/mol. The SMILES string of the molecule is Cc1csc(NC(=O)C2C[C@H]3CCC[C@@H](C2)C3=O)n1. The molecular weight excluding hydrogens is 260 g/mol. The lowest BCUT2D eigenvalue weighted by Crippen LogP contribution is -2.40. The number of nitrogens with one attached hydrogen (secondary N) is 1. The Balaban J connectivity index is 1.66. The summed E-state index contributed by atoms with van der Waals surface area (Å²) in [5.41, 5.74) is 0.927. The molecule has 1 aromatic heterocycles. The number of amides is 1. The van der Waals surface area contributed by atoms with Gasteiger partial charge in [-0.1, -0.05) is 6.42 Å². The van der Waals surface area contributed by atoms with Gasteiger partial charge in [0.05, 0.1) is 5.69 Å². The van der Waals surface area contributed by atoms with Crippen molar-refractivity contribution in [2.75, 3.05) is 5.32 Å². The highest BCUT2D eigenvalue weighted by Gasteiger charge is 2.41. The van der Waals surface area contributed by atoms with Crippen molar-refractivity contribution in [3.05, 3.63) is 11.1 Å². The number of carbonyl (C=O) groups excluding carboxylic acids is 2. The smallest absolute Gasteiger partial charge is 0.229 e. The molecule has 1 amide bonds. The van der Waals surface area contributed by atoms with Gasteiger partial charge in [-0.25, -0.2) is 4.98 Å². The van der Waals surface area contributed by atoms with Gasteiger partial charge in [-0.05, 0) is 32.6 Å². The first kappa shape index (κ1) is 12.8. The molecule has 0 aliphatic heterocycles. The maximum atomic E-state index is 12.3. The minimum atomic E-state index is -0.0165. The van der Waals surface area contributed by atoms with Gasteiger partial charge in [0.2, 0.25) is 5.91 Å². The molecule has 0 saturated heterocycles. The lowest BCUT2D eigenvalue weighted by molar-refractivity contribution is -0.136. The third-order valence-electron chi connectivity index (χ3n) is 4.27. The highest BCUT2D eigenvalue weighted by molar-refractivity contribution is 7.13. The van der Waals surface area contributed by atoms with Crippen molar-refractivity contribution in [1.29, 1.82) is 0 Å². The number of rotatable bonds is 2. The highest BCUT2D eigenvalue weighted by Crippen LogP contribution is 2.40. The summed E-state index contributed by atoms with van der Waals surface area (Å²) in [6.45, 7) is 1.91. The minimum absolute atomic E-state index is 0.0165. The molecule has 1 unspecified atom stereocenters. The van der Waals surface area contributed by atoms with Gasteiger partial charge >= 0.3 is 0 Å². The van der Waals surface area contributed by atoms with Gasteiger partial charge in [-0.3, -0.25) is 9.59 Å². The van der Waals surface area contributed by atoms with E-state index in [9.17, 15) is 9.59 Å². The Morgan fingerprint density at radius 3 is 2.63 bits per heavy atom. The summed E-state index contributed by atoms with van der Waals surface area (Å²) < 4.78 is 0. The van der Waals surface area contributed by atoms with Gasteiger partial charge in [0.15, 0.2) is 5.13 Å². The Morgan fingerprint density at radius 1 is 1.37 bits per heavy atom. The molecule has 0 spiro atoms. The standard InChI is InChI=1S/C14H18N2O2S/c1-8-7-19-14(15-8)16-13(18)11-5-9-3-2-4-10(6-11)12(9)17/h7,9-11H,2-6H2,1H3,(H,15,16,18)/t9-,10+,11?. The number of hydrogen-bond donors (Lipinski definition) is 1. The predicted octanol–water partition coefficient (Wildman–Crippen LogP) is 2.79. The van der Waals surface area contributed by atoms with Crippen LogP contribution in [0.2, 0.25) is 0 Å². The second-order valence-electron chi connectivity index (χ2n) is 5.68. The lowest BCUT2D eigenvalue weighted by atomic mass is 9.67. The van der Waals surface area contributed by atoms with E-state index in [1.54, 1.807) is 0 Å². The maximum Gasteiger partial charge on any atom is 0.229 e. The Bertz CT molecular complexity index is 495. The van der Waals surface area contributed by atoms with Crippen LogP contribution in [0.5, 0.6) is 0 Å². The summed E-state index contributed by atoms with van der Waals surface area (Å²) in [6, 6.07) is 0. The van der Waals surface area contributed by atoms with E-state index in [-0.39, 0.29) is 23.7 Å². The molecule has 2 saturated carbocycles. The summed E-state index contributed by atoms with van der Waals surface area (Å²) in [5, 5.41) is 5.49. The Hall–Kier alpha value is -1.23. The summed E-state index contributed by atoms with van der Waals surface area (Å²) in [7, 11) is 0. The van der Waals surface area contributed by atoms with E-state index < -0.39 is 0 Å². The normalized spacial score (nSPS) is 30.2. The Labute approximate surface area is 116 Å². The Kier molecular flexibility index (Phi) is 3.39. The number of hydrogen-bond acceptors (Lipinski definition) is 4. The molecule has 2 aliphatic carbocycles. The molecule has 5 heteroatoms. The molecule has 1 heterocycles. The topological polar surface area (TPSA) is 59.1 Å². The molecule has 0 aromatic carbocycles. The molecule has 1 aromatic rings. The molecule has 19 heavy (non-hydrogen) atoms. The fourth-order valence-electron chi connectivity index (χ4n) is 3.31. The van der Waals surface area contributed by atoms with Crippen molar-refractivity contribution in [3.8, 4) is 0 Å². The van der Waals surface area contributed by atoms with Crippen molar-refractivity contribution >= 4 is 28.2 Å². The van der Waals surface area contributed by atoms with Gasteiger partial charge < -0.3 is 5.32 Å². The molecule has 3 atom stereocenters. The van der Waals surface area contributed by atoms with E-state index in [0.717, 1.165) is 37.8 Å². The summed E-state index contributed by atoms with van der Waals surface area (Å²) in [4.78, 5) is 28.5. The predicted molar refractivity (Wildman–Crippen MR) is 74.0 cm³/mol. The number of nitrogens with zero attached hydrogens (tertiary/aromatic N) is 1. The molecule has 2 fully saturated rings. The van der Waals surface area contributed by atoms with Crippen molar-refractivity contribution in [3.63, 3.8) is 0 Å². The van der Waals surface area contributed by atoms with Crippen LogP contribution >= 0.6 is 11.3 Å².